The first-order valence-electron chi connectivity index (χ1n) is 6.88. The van der Waals surface area contributed by atoms with Crippen LogP contribution in [-0.4, -0.2) is 8.07 Å². The van der Waals surface area contributed by atoms with E-state index in [1.807, 2.05) is 0 Å². The van der Waals surface area contributed by atoms with Gasteiger partial charge in [-0.3, -0.25) is 0 Å². The highest BCUT2D eigenvalue weighted by atomic mass is 28.3. The Morgan fingerprint density at radius 1 is 1.25 bits per heavy atom. The van der Waals surface area contributed by atoms with E-state index in [0.29, 0.717) is 0 Å². The van der Waals surface area contributed by atoms with Crippen molar-refractivity contribution in [2.45, 2.75) is 64.7 Å². The van der Waals surface area contributed by atoms with E-state index in [-0.39, 0.29) is 0 Å². The molecule has 0 amide bonds. The first kappa shape index (κ1) is 12.2. The molecule has 0 spiro atoms. The monoisotopic (exact) mass is 233 g/mol. The van der Waals surface area contributed by atoms with Crippen LogP contribution < -0.4 is 0 Å². The molecular formula is C15H25Si. The van der Waals surface area contributed by atoms with E-state index in [9.17, 15) is 0 Å². The number of hydrogen-bond acceptors (Lipinski definition) is 0. The molecule has 0 saturated carbocycles. The highest BCUT2D eigenvalue weighted by molar-refractivity contribution is 6.77. The molecule has 0 fully saturated rings. The molecule has 1 atom stereocenters. The predicted molar refractivity (Wildman–Crippen MR) is 74.2 cm³/mol. The fraction of sp³-hybridized carbons (Fsp3) is 0.733. The van der Waals surface area contributed by atoms with Crippen LogP contribution in [-0.2, 0) is 0 Å². The maximum Gasteiger partial charge on any atom is 0.0512 e. The van der Waals surface area contributed by atoms with Gasteiger partial charge in [0.2, 0.25) is 0 Å². The topological polar surface area (TPSA) is 0 Å². The molecule has 1 radical (unpaired) electrons. The van der Waals surface area contributed by atoms with Crippen LogP contribution in [0.5, 0.6) is 0 Å². The average molecular weight is 233 g/mol. The molecule has 16 heavy (non-hydrogen) atoms. The van der Waals surface area contributed by atoms with Crippen molar-refractivity contribution >= 4 is 8.07 Å². The molecule has 0 heterocycles. The Hall–Kier alpha value is -0.303. The molecule has 0 bridgehead atoms. The van der Waals surface area contributed by atoms with Crippen LogP contribution in [0.3, 0.4) is 0 Å². The molecule has 0 aromatic rings. The van der Waals surface area contributed by atoms with Crippen LogP contribution in [0.1, 0.15) is 39.5 Å². The lowest BCUT2D eigenvalue weighted by Gasteiger charge is -2.24. The Kier molecular flexibility index (Phi) is 3.44. The van der Waals surface area contributed by atoms with Crippen molar-refractivity contribution in [3.63, 3.8) is 0 Å². The minimum absolute atomic E-state index is 0.730. The van der Waals surface area contributed by atoms with Crippen LogP contribution in [0.15, 0.2) is 16.7 Å². The standard InChI is InChI=1S/C15H25Si/c1-5-16(3,4)11-14-10-13-8-6-7-9-15(13)12(14)2/h12H,5-9,11H2,1-4H3. The second-order valence-corrected chi connectivity index (χ2v) is 11.7. The van der Waals surface area contributed by atoms with E-state index in [2.05, 4.69) is 33.0 Å². The Labute approximate surface area is 102 Å². The van der Waals surface area contributed by atoms with Gasteiger partial charge in [0, 0.05) is 0 Å². The normalized spacial score (nSPS) is 25.8. The predicted octanol–water partition coefficient (Wildman–Crippen LogP) is 4.96. The summed E-state index contributed by atoms with van der Waals surface area (Å²) in [7, 11) is -0.975. The summed E-state index contributed by atoms with van der Waals surface area (Å²) in [5.41, 5.74) is 4.97. The Balaban J connectivity index is 2.10. The van der Waals surface area contributed by atoms with Crippen molar-refractivity contribution in [1.29, 1.82) is 0 Å². The van der Waals surface area contributed by atoms with Gasteiger partial charge in [0.25, 0.3) is 0 Å². The molecule has 0 nitrogen and oxygen atoms in total. The van der Waals surface area contributed by atoms with Crippen molar-refractivity contribution in [1.82, 2.24) is 0 Å². The lowest BCUT2D eigenvalue weighted by atomic mass is 9.88. The van der Waals surface area contributed by atoms with E-state index >= 15 is 0 Å². The van der Waals surface area contributed by atoms with Gasteiger partial charge in [-0.05, 0) is 49.3 Å². The van der Waals surface area contributed by atoms with E-state index in [0.717, 1.165) is 5.92 Å². The van der Waals surface area contributed by atoms with Gasteiger partial charge in [0.15, 0.2) is 0 Å². The quantitative estimate of drug-likeness (QED) is 0.604. The molecule has 2 aliphatic rings. The van der Waals surface area contributed by atoms with Crippen LogP contribution in [0.2, 0.25) is 25.2 Å². The van der Waals surface area contributed by atoms with Gasteiger partial charge in [0.05, 0.1) is 8.07 Å². The van der Waals surface area contributed by atoms with Crippen molar-refractivity contribution in [3.8, 4) is 0 Å². The summed E-state index contributed by atoms with van der Waals surface area (Å²) in [5, 5.41) is 0. The van der Waals surface area contributed by atoms with Gasteiger partial charge < -0.3 is 0 Å². The third-order valence-corrected chi connectivity index (χ3v) is 7.75. The fourth-order valence-corrected chi connectivity index (χ4v) is 4.58. The maximum atomic E-state index is 3.76. The van der Waals surface area contributed by atoms with Gasteiger partial charge in [-0.25, -0.2) is 0 Å². The SMILES string of the molecule is CC[Si](C)(C)CC1=[C]C2=C(CCCC2)C1C. The largest absolute Gasteiger partial charge is 0.0691 e. The molecule has 0 aliphatic heterocycles. The molecule has 0 aromatic heterocycles. The van der Waals surface area contributed by atoms with Crippen LogP contribution in [0.25, 0.3) is 0 Å². The highest BCUT2D eigenvalue weighted by Crippen LogP contribution is 2.42. The third-order valence-electron chi connectivity index (χ3n) is 4.49. The average Bonchev–Trinajstić information content (AvgIpc) is 2.56. The molecular weight excluding hydrogens is 208 g/mol. The summed E-state index contributed by atoms with van der Waals surface area (Å²) in [5.74, 6) is 0.730. The summed E-state index contributed by atoms with van der Waals surface area (Å²) in [6, 6.07) is 2.77. The molecule has 2 aliphatic carbocycles. The van der Waals surface area contributed by atoms with Gasteiger partial charge in [-0.15, -0.1) is 0 Å². The molecule has 0 aromatic carbocycles. The molecule has 1 unspecified atom stereocenters. The smallest absolute Gasteiger partial charge is 0.0512 e. The van der Waals surface area contributed by atoms with Gasteiger partial charge >= 0.3 is 0 Å². The number of rotatable bonds is 3. The van der Waals surface area contributed by atoms with Crippen molar-refractivity contribution in [2.75, 3.05) is 0 Å². The molecule has 89 valence electrons. The van der Waals surface area contributed by atoms with Gasteiger partial charge in [-0.1, -0.05) is 44.1 Å². The van der Waals surface area contributed by atoms with Gasteiger partial charge in [0.1, 0.15) is 0 Å². The Bertz CT molecular complexity index is 333. The van der Waals surface area contributed by atoms with Crippen molar-refractivity contribution in [2.24, 2.45) is 5.92 Å². The molecule has 2 rings (SSSR count). The summed E-state index contributed by atoms with van der Waals surface area (Å²) in [6.07, 6.45) is 9.21. The second kappa shape index (κ2) is 4.52. The second-order valence-electron chi connectivity index (χ2n) is 6.28. The van der Waals surface area contributed by atoms with E-state index in [4.69, 9.17) is 0 Å². The van der Waals surface area contributed by atoms with Gasteiger partial charge in [-0.2, -0.15) is 0 Å². The zero-order valence-electron chi connectivity index (χ0n) is 11.3. The van der Waals surface area contributed by atoms with E-state index < -0.39 is 8.07 Å². The Morgan fingerprint density at radius 2 is 1.94 bits per heavy atom. The zero-order chi connectivity index (χ0) is 11.8. The van der Waals surface area contributed by atoms with Crippen LogP contribution in [0, 0.1) is 12.0 Å². The van der Waals surface area contributed by atoms with E-state index in [1.54, 1.807) is 16.7 Å². The lowest BCUT2D eigenvalue weighted by molar-refractivity contribution is 0.635. The minimum atomic E-state index is -0.975. The first-order chi connectivity index (χ1) is 7.53. The minimum Gasteiger partial charge on any atom is -0.0691 e. The molecule has 0 N–H and O–H groups in total. The zero-order valence-corrected chi connectivity index (χ0v) is 12.3. The lowest BCUT2D eigenvalue weighted by Crippen LogP contribution is -2.25. The fourth-order valence-electron chi connectivity index (χ4n) is 2.90. The van der Waals surface area contributed by atoms with Crippen LogP contribution >= 0.6 is 0 Å². The molecule has 1 heteroatoms. The first-order valence-corrected chi connectivity index (χ1v) is 10.3. The summed E-state index contributed by atoms with van der Waals surface area (Å²) >= 11 is 0. The number of allylic oxidation sites excluding steroid dienone is 4. The summed E-state index contributed by atoms with van der Waals surface area (Å²) < 4.78 is 0. The van der Waals surface area contributed by atoms with Crippen molar-refractivity contribution in [3.05, 3.63) is 22.8 Å². The third kappa shape index (κ3) is 2.34. The van der Waals surface area contributed by atoms with Crippen LogP contribution in [0.4, 0.5) is 0 Å². The van der Waals surface area contributed by atoms with Crippen molar-refractivity contribution < 1.29 is 0 Å². The maximum absolute atomic E-state index is 3.76. The summed E-state index contributed by atoms with van der Waals surface area (Å²) in [6.45, 7) is 9.81. The van der Waals surface area contributed by atoms with E-state index in [1.165, 1.54) is 37.8 Å². The highest BCUT2D eigenvalue weighted by Gasteiger charge is 2.30. The summed E-state index contributed by atoms with van der Waals surface area (Å²) in [4.78, 5) is 0. The molecule has 0 saturated heterocycles. The Morgan fingerprint density at radius 3 is 2.56 bits per heavy atom. The number of hydrogen-bond donors (Lipinski definition) is 0.